The highest BCUT2D eigenvalue weighted by molar-refractivity contribution is 7.89. The fourth-order valence-corrected chi connectivity index (χ4v) is 5.76. The molecule has 0 unspecified atom stereocenters. The van der Waals surface area contributed by atoms with Gasteiger partial charge in [-0.1, -0.05) is 24.3 Å². The van der Waals surface area contributed by atoms with Crippen LogP contribution >= 0.6 is 0 Å². The van der Waals surface area contributed by atoms with E-state index in [4.69, 9.17) is 14.7 Å². The van der Waals surface area contributed by atoms with Gasteiger partial charge in [0.2, 0.25) is 10.0 Å². The number of rotatable bonds is 7. The predicted molar refractivity (Wildman–Crippen MR) is 129 cm³/mol. The van der Waals surface area contributed by atoms with Crippen LogP contribution in [0.5, 0.6) is 0 Å². The van der Waals surface area contributed by atoms with Crippen molar-refractivity contribution in [1.82, 2.24) is 14.3 Å². The highest BCUT2D eigenvalue weighted by Gasteiger charge is 2.26. The average Bonchev–Trinajstić information content (AvgIpc) is 3.39. The quantitative estimate of drug-likeness (QED) is 0.572. The Labute approximate surface area is 194 Å². The summed E-state index contributed by atoms with van der Waals surface area (Å²) in [5, 5.41) is 3.47. The molecule has 2 aliphatic rings. The lowest BCUT2D eigenvalue weighted by Gasteiger charge is -2.26. The van der Waals surface area contributed by atoms with E-state index in [9.17, 15) is 8.42 Å². The van der Waals surface area contributed by atoms with Crippen LogP contribution in [0.4, 0.5) is 11.6 Å². The second-order valence-corrected chi connectivity index (χ2v) is 10.4. The summed E-state index contributed by atoms with van der Waals surface area (Å²) in [5.74, 6) is 1.72. The molecule has 2 aromatic carbocycles. The summed E-state index contributed by atoms with van der Waals surface area (Å²) in [6.45, 7) is 4.38. The molecule has 5 rings (SSSR count). The van der Waals surface area contributed by atoms with Crippen molar-refractivity contribution in [2.75, 3.05) is 56.2 Å². The van der Waals surface area contributed by atoms with Gasteiger partial charge in [-0.05, 0) is 49.1 Å². The van der Waals surface area contributed by atoms with Gasteiger partial charge in [-0.25, -0.2) is 18.4 Å². The molecule has 0 amide bonds. The number of morpholine rings is 1. The third-order valence-electron chi connectivity index (χ3n) is 6.20. The van der Waals surface area contributed by atoms with Crippen LogP contribution in [-0.2, 0) is 21.2 Å². The third-order valence-corrected chi connectivity index (χ3v) is 8.11. The standard InChI is InChI=1S/C24H29N5O3S/c30-33(31,29-15-17-32-18-16-29)20-9-7-19(8-10-20)11-12-25-23-24(28-13-3-4-14-28)27-22-6-2-1-5-21(22)26-23/h1-2,5-10H,3-4,11-18H2,(H,25,26). The fourth-order valence-electron chi connectivity index (χ4n) is 4.35. The Morgan fingerprint density at radius 1 is 0.879 bits per heavy atom. The largest absolute Gasteiger partial charge is 0.379 e. The van der Waals surface area contributed by atoms with E-state index >= 15 is 0 Å². The topological polar surface area (TPSA) is 87.7 Å². The number of nitrogens with zero attached hydrogens (tertiary/aromatic N) is 4. The first-order valence-corrected chi connectivity index (χ1v) is 13.0. The second-order valence-electron chi connectivity index (χ2n) is 8.42. The molecule has 2 saturated heterocycles. The monoisotopic (exact) mass is 467 g/mol. The summed E-state index contributed by atoms with van der Waals surface area (Å²) in [5.41, 5.74) is 2.85. The van der Waals surface area contributed by atoms with E-state index in [1.807, 2.05) is 36.4 Å². The van der Waals surface area contributed by atoms with Crippen LogP contribution in [0.3, 0.4) is 0 Å². The van der Waals surface area contributed by atoms with Crippen LogP contribution in [0.25, 0.3) is 11.0 Å². The van der Waals surface area contributed by atoms with Crippen molar-refractivity contribution in [2.24, 2.45) is 0 Å². The van der Waals surface area contributed by atoms with E-state index in [1.54, 1.807) is 12.1 Å². The molecule has 2 fully saturated rings. The van der Waals surface area contributed by atoms with E-state index < -0.39 is 10.0 Å². The summed E-state index contributed by atoms with van der Waals surface area (Å²) in [4.78, 5) is 12.4. The van der Waals surface area contributed by atoms with Gasteiger partial charge >= 0.3 is 0 Å². The summed E-state index contributed by atoms with van der Waals surface area (Å²) in [7, 11) is -3.46. The summed E-state index contributed by atoms with van der Waals surface area (Å²) in [6.07, 6.45) is 3.10. The zero-order valence-corrected chi connectivity index (χ0v) is 19.4. The molecular formula is C24H29N5O3S. The molecule has 1 aromatic heterocycles. The van der Waals surface area contributed by atoms with Gasteiger partial charge in [-0.15, -0.1) is 0 Å². The van der Waals surface area contributed by atoms with Crippen LogP contribution in [0.2, 0.25) is 0 Å². The molecule has 0 aliphatic carbocycles. The van der Waals surface area contributed by atoms with E-state index in [0.717, 1.165) is 47.7 Å². The minimum Gasteiger partial charge on any atom is -0.379 e. The zero-order valence-electron chi connectivity index (χ0n) is 18.6. The van der Waals surface area contributed by atoms with Gasteiger partial charge in [-0.2, -0.15) is 4.31 Å². The lowest BCUT2D eigenvalue weighted by Crippen LogP contribution is -2.40. The molecule has 0 bridgehead atoms. The zero-order chi connectivity index (χ0) is 22.7. The Bertz CT molecular complexity index is 1200. The number of sulfonamides is 1. The molecule has 0 atom stereocenters. The van der Waals surface area contributed by atoms with Gasteiger partial charge in [-0.3, -0.25) is 0 Å². The summed E-state index contributed by atoms with van der Waals surface area (Å²) in [6, 6.07) is 15.1. The number of para-hydroxylation sites is 2. The molecule has 0 saturated carbocycles. The maximum absolute atomic E-state index is 12.8. The molecule has 2 aliphatic heterocycles. The van der Waals surface area contributed by atoms with Crippen molar-refractivity contribution in [3.63, 3.8) is 0 Å². The van der Waals surface area contributed by atoms with Crippen LogP contribution in [-0.4, -0.2) is 68.6 Å². The smallest absolute Gasteiger partial charge is 0.243 e. The van der Waals surface area contributed by atoms with Gasteiger partial charge in [0, 0.05) is 32.7 Å². The van der Waals surface area contributed by atoms with Gasteiger partial charge < -0.3 is 15.0 Å². The lowest BCUT2D eigenvalue weighted by molar-refractivity contribution is 0.0730. The van der Waals surface area contributed by atoms with Crippen LogP contribution in [0.1, 0.15) is 18.4 Å². The van der Waals surface area contributed by atoms with Crippen molar-refractivity contribution in [2.45, 2.75) is 24.2 Å². The van der Waals surface area contributed by atoms with E-state index in [1.165, 1.54) is 17.1 Å². The number of benzene rings is 2. The molecule has 9 heteroatoms. The molecule has 3 aromatic rings. The Morgan fingerprint density at radius 3 is 2.24 bits per heavy atom. The van der Waals surface area contributed by atoms with Crippen LogP contribution in [0.15, 0.2) is 53.4 Å². The van der Waals surface area contributed by atoms with Gasteiger partial charge in [0.05, 0.1) is 29.1 Å². The third kappa shape index (κ3) is 4.80. The van der Waals surface area contributed by atoms with E-state index in [-0.39, 0.29) is 0 Å². The minimum atomic E-state index is -3.46. The molecule has 174 valence electrons. The maximum Gasteiger partial charge on any atom is 0.243 e. The molecule has 33 heavy (non-hydrogen) atoms. The van der Waals surface area contributed by atoms with Crippen LogP contribution in [0, 0.1) is 0 Å². The van der Waals surface area contributed by atoms with Gasteiger partial charge in [0.25, 0.3) is 0 Å². The van der Waals surface area contributed by atoms with Gasteiger partial charge in [0.15, 0.2) is 11.6 Å². The van der Waals surface area contributed by atoms with Crippen molar-refractivity contribution in [3.8, 4) is 0 Å². The first kappa shape index (κ1) is 22.1. The first-order valence-electron chi connectivity index (χ1n) is 11.5. The van der Waals surface area contributed by atoms with Crippen LogP contribution < -0.4 is 10.2 Å². The highest BCUT2D eigenvalue weighted by Crippen LogP contribution is 2.28. The number of nitrogens with one attached hydrogen (secondary N) is 1. The molecular weight excluding hydrogens is 438 g/mol. The number of fused-ring (bicyclic) bond motifs is 1. The Hall–Kier alpha value is -2.75. The predicted octanol–water partition coefficient (Wildman–Crippen LogP) is 2.91. The lowest BCUT2D eigenvalue weighted by atomic mass is 10.1. The van der Waals surface area contributed by atoms with E-state index in [0.29, 0.717) is 37.7 Å². The van der Waals surface area contributed by atoms with E-state index in [2.05, 4.69) is 10.2 Å². The minimum absolute atomic E-state index is 0.331. The van der Waals surface area contributed by atoms with Gasteiger partial charge in [0.1, 0.15) is 0 Å². The maximum atomic E-state index is 12.8. The number of ether oxygens (including phenoxy) is 1. The van der Waals surface area contributed by atoms with Crippen molar-refractivity contribution < 1.29 is 13.2 Å². The number of anilines is 2. The molecule has 8 nitrogen and oxygen atoms in total. The summed E-state index contributed by atoms with van der Waals surface area (Å²) < 4.78 is 32.4. The molecule has 0 radical (unpaired) electrons. The van der Waals surface area contributed by atoms with Crippen molar-refractivity contribution >= 4 is 32.7 Å². The Balaban J connectivity index is 1.27. The second kappa shape index (κ2) is 9.62. The first-order chi connectivity index (χ1) is 16.1. The Morgan fingerprint density at radius 2 is 1.55 bits per heavy atom. The normalized spacial score (nSPS) is 17.5. The average molecular weight is 468 g/mol. The fraction of sp³-hybridized carbons (Fsp3) is 0.417. The highest BCUT2D eigenvalue weighted by atomic mass is 32.2. The summed E-state index contributed by atoms with van der Waals surface area (Å²) >= 11 is 0. The molecule has 3 heterocycles. The van der Waals surface area contributed by atoms with Crippen molar-refractivity contribution in [3.05, 3.63) is 54.1 Å². The number of aromatic nitrogens is 2. The number of hydrogen-bond acceptors (Lipinski definition) is 7. The number of hydrogen-bond donors (Lipinski definition) is 1. The molecule has 1 N–H and O–H groups in total. The molecule has 0 spiro atoms. The Kier molecular flexibility index (Phi) is 6.43. The van der Waals surface area contributed by atoms with Crippen molar-refractivity contribution in [1.29, 1.82) is 0 Å². The SMILES string of the molecule is O=S(=O)(c1ccc(CCNc2nc3ccccc3nc2N2CCCC2)cc1)N1CCOCC1.